The third kappa shape index (κ3) is 10.0. The zero-order chi connectivity index (χ0) is 24.6. The van der Waals surface area contributed by atoms with E-state index in [4.69, 9.17) is 10.5 Å². The number of carbonyl (C=O) groups excluding carboxylic acids is 2. The van der Waals surface area contributed by atoms with Gasteiger partial charge >= 0.3 is 6.09 Å². The van der Waals surface area contributed by atoms with Gasteiger partial charge in [-0.25, -0.2) is 4.79 Å². The van der Waals surface area contributed by atoms with Crippen LogP contribution in [0.2, 0.25) is 0 Å². The van der Waals surface area contributed by atoms with E-state index in [1.54, 1.807) is 20.8 Å². The number of nitrogens with zero attached hydrogens (tertiary/aromatic N) is 1. The Hall–Kier alpha value is -2.12. The summed E-state index contributed by atoms with van der Waals surface area (Å²) in [4.78, 5) is 26.9. The lowest BCUT2D eigenvalue weighted by Gasteiger charge is -2.41. The van der Waals surface area contributed by atoms with Crippen molar-refractivity contribution in [3.8, 4) is 0 Å². The van der Waals surface area contributed by atoms with E-state index in [0.29, 0.717) is 19.5 Å². The van der Waals surface area contributed by atoms with E-state index in [1.165, 1.54) is 4.90 Å². The lowest BCUT2D eigenvalue weighted by atomic mass is 9.89. The molecule has 0 bridgehead atoms. The predicted molar refractivity (Wildman–Crippen MR) is 128 cm³/mol. The van der Waals surface area contributed by atoms with Gasteiger partial charge < -0.3 is 20.9 Å². The van der Waals surface area contributed by atoms with Crippen molar-refractivity contribution >= 4 is 12.0 Å². The van der Waals surface area contributed by atoms with Crippen LogP contribution in [0.15, 0.2) is 30.3 Å². The minimum atomic E-state index is -1.52. The summed E-state index contributed by atoms with van der Waals surface area (Å²) in [6.45, 7) is 14.2. The minimum Gasteiger partial charge on any atom is -0.444 e. The number of ether oxygens (including phenoxy) is 1. The van der Waals surface area contributed by atoms with Crippen LogP contribution in [0.4, 0.5) is 4.79 Å². The zero-order valence-electron chi connectivity index (χ0n) is 20.9. The van der Waals surface area contributed by atoms with Crippen molar-refractivity contribution in [2.24, 2.45) is 17.1 Å². The first-order valence-electron chi connectivity index (χ1n) is 11.4. The van der Waals surface area contributed by atoms with Crippen LogP contribution in [-0.4, -0.2) is 53.0 Å². The maximum absolute atomic E-state index is 13.1. The van der Waals surface area contributed by atoms with Crippen LogP contribution in [0.25, 0.3) is 0 Å². The molecule has 1 atom stereocenters. The van der Waals surface area contributed by atoms with Gasteiger partial charge in [-0.1, -0.05) is 58.0 Å². The number of nitrogens with two attached hydrogens (primary N) is 1. The summed E-state index contributed by atoms with van der Waals surface area (Å²) in [5.41, 5.74) is 4.11. The van der Waals surface area contributed by atoms with Crippen molar-refractivity contribution in [2.75, 3.05) is 19.6 Å². The van der Waals surface area contributed by atoms with Crippen LogP contribution in [-0.2, 0) is 16.0 Å². The second-order valence-electron chi connectivity index (χ2n) is 10.8. The maximum atomic E-state index is 13.1. The number of benzene rings is 1. The fourth-order valence-corrected chi connectivity index (χ4v) is 3.31. The smallest absolute Gasteiger partial charge is 0.412 e. The molecule has 0 aliphatic heterocycles. The molecular weight excluding hydrogens is 406 g/mol. The predicted octanol–water partition coefficient (Wildman–Crippen LogP) is 3.69. The second-order valence-corrected chi connectivity index (χ2v) is 10.8. The van der Waals surface area contributed by atoms with E-state index in [1.807, 2.05) is 58.0 Å². The standard InChI is InChI=1S/C25H43N3O4/c1-19(2)17-28(22(30)32-23(3,4)5)25(31,15-20-11-9-8-10-12-20)13-14-27-21(29)16-24(6,7)18-26/h8-12,19,31H,13-18,26H2,1-7H3,(H,27,29). The van der Waals surface area contributed by atoms with Crippen LogP contribution in [0.1, 0.15) is 66.9 Å². The quantitative estimate of drug-likeness (QED) is 0.447. The number of rotatable bonds is 11. The highest BCUT2D eigenvalue weighted by molar-refractivity contribution is 5.76. The Kier molecular flexibility index (Phi) is 10.2. The summed E-state index contributed by atoms with van der Waals surface area (Å²) in [7, 11) is 0. The van der Waals surface area contributed by atoms with Crippen molar-refractivity contribution in [2.45, 2.75) is 79.1 Å². The van der Waals surface area contributed by atoms with E-state index in [-0.39, 0.29) is 36.6 Å². The lowest BCUT2D eigenvalue weighted by Crippen LogP contribution is -2.57. The Morgan fingerprint density at radius 2 is 1.72 bits per heavy atom. The summed E-state index contributed by atoms with van der Waals surface area (Å²) in [5, 5.41) is 14.7. The van der Waals surface area contributed by atoms with E-state index in [0.717, 1.165) is 5.56 Å². The topological polar surface area (TPSA) is 105 Å². The highest BCUT2D eigenvalue weighted by Gasteiger charge is 2.40. The molecule has 0 aliphatic carbocycles. The SMILES string of the molecule is CC(C)CN(C(=O)OC(C)(C)C)C(O)(CCNC(=O)CC(C)(C)CN)Cc1ccccc1. The van der Waals surface area contributed by atoms with E-state index in [2.05, 4.69) is 5.32 Å². The van der Waals surface area contributed by atoms with Gasteiger partial charge in [-0.2, -0.15) is 0 Å². The molecule has 1 aromatic rings. The fraction of sp³-hybridized carbons (Fsp3) is 0.680. The molecule has 0 heterocycles. The number of aliphatic hydroxyl groups is 1. The average Bonchev–Trinajstić information content (AvgIpc) is 2.65. The molecule has 2 amide bonds. The van der Waals surface area contributed by atoms with Gasteiger partial charge in [-0.3, -0.25) is 9.69 Å². The first-order valence-corrected chi connectivity index (χ1v) is 11.4. The Bertz CT molecular complexity index is 728. The molecule has 1 aromatic carbocycles. The molecule has 1 unspecified atom stereocenters. The zero-order valence-corrected chi connectivity index (χ0v) is 20.9. The molecule has 0 fully saturated rings. The Morgan fingerprint density at radius 1 is 1.12 bits per heavy atom. The summed E-state index contributed by atoms with van der Waals surface area (Å²) in [5.74, 6) is -0.0139. The molecule has 0 spiro atoms. The lowest BCUT2D eigenvalue weighted by molar-refractivity contribution is -0.125. The summed E-state index contributed by atoms with van der Waals surface area (Å²) in [6.07, 6.45) is 0.120. The van der Waals surface area contributed by atoms with Gasteiger partial charge in [0.05, 0.1) is 0 Å². The van der Waals surface area contributed by atoms with Gasteiger partial charge in [0.2, 0.25) is 5.91 Å². The van der Waals surface area contributed by atoms with Crippen molar-refractivity contribution < 1.29 is 19.4 Å². The number of hydrogen-bond donors (Lipinski definition) is 3. The molecule has 0 saturated heterocycles. The van der Waals surface area contributed by atoms with Crippen molar-refractivity contribution in [3.05, 3.63) is 35.9 Å². The van der Waals surface area contributed by atoms with E-state index >= 15 is 0 Å². The number of nitrogens with one attached hydrogen (secondary N) is 1. The highest BCUT2D eigenvalue weighted by Crippen LogP contribution is 2.26. The molecule has 0 saturated carbocycles. The third-order valence-electron chi connectivity index (χ3n) is 5.03. The molecule has 0 radical (unpaired) electrons. The van der Waals surface area contributed by atoms with Gasteiger partial charge in [0, 0.05) is 32.4 Å². The first kappa shape index (κ1) is 27.9. The van der Waals surface area contributed by atoms with Crippen molar-refractivity contribution in [3.63, 3.8) is 0 Å². The highest BCUT2D eigenvalue weighted by atomic mass is 16.6. The summed E-state index contributed by atoms with van der Waals surface area (Å²) < 4.78 is 5.62. The summed E-state index contributed by atoms with van der Waals surface area (Å²) in [6, 6.07) is 9.52. The van der Waals surface area contributed by atoms with E-state index in [9.17, 15) is 14.7 Å². The molecular formula is C25H43N3O4. The van der Waals surface area contributed by atoms with Gasteiger partial charge in [0.25, 0.3) is 0 Å². The van der Waals surface area contributed by atoms with Crippen LogP contribution < -0.4 is 11.1 Å². The third-order valence-corrected chi connectivity index (χ3v) is 5.03. The van der Waals surface area contributed by atoms with Gasteiger partial charge in [0.15, 0.2) is 0 Å². The molecule has 1 rings (SSSR count). The van der Waals surface area contributed by atoms with Gasteiger partial charge in [0.1, 0.15) is 11.3 Å². The van der Waals surface area contributed by atoms with Crippen LogP contribution in [0.3, 0.4) is 0 Å². The Morgan fingerprint density at radius 3 is 2.22 bits per heavy atom. The van der Waals surface area contributed by atoms with Crippen LogP contribution in [0, 0.1) is 11.3 Å². The minimum absolute atomic E-state index is 0.116. The largest absolute Gasteiger partial charge is 0.444 e. The average molecular weight is 450 g/mol. The van der Waals surface area contributed by atoms with Crippen molar-refractivity contribution in [1.29, 1.82) is 0 Å². The molecule has 4 N–H and O–H groups in total. The van der Waals surface area contributed by atoms with Crippen LogP contribution >= 0.6 is 0 Å². The maximum Gasteiger partial charge on any atom is 0.412 e. The molecule has 7 heteroatoms. The molecule has 182 valence electrons. The van der Waals surface area contributed by atoms with Gasteiger partial charge in [-0.15, -0.1) is 0 Å². The molecule has 0 aromatic heterocycles. The van der Waals surface area contributed by atoms with Crippen molar-refractivity contribution in [1.82, 2.24) is 10.2 Å². The van der Waals surface area contributed by atoms with Crippen LogP contribution in [0.5, 0.6) is 0 Å². The number of amides is 2. The Balaban J connectivity index is 3.10. The monoisotopic (exact) mass is 449 g/mol. The second kappa shape index (κ2) is 11.7. The molecule has 32 heavy (non-hydrogen) atoms. The number of hydrogen-bond acceptors (Lipinski definition) is 5. The molecule has 0 aliphatic rings. The fourth-order valence-electron chi connectivity index (χ4n) is 3.31. The molecule has 7 nitrogen and oxygen atoms in total. The van der Waals surface area contributed by atoms with Gasteiger partial charge in [-0.05, 0) is 44.2 Å². The first-order chi connectivity index (χ1) is 14.7. The Labute approximate surface area is 193 Å². The van der Waals surface area contributed by atoms with E-state index < -0.39 is 17.4 Å². The number of carbonyl (C=O) groups is 2. The summed E-state index contributed by atoms with van der Waals surface area (Å²) >= 11 is 0. The normalized spacial score (nSPS) is 14.1.